The minimum Gasteiger partial charge on any atom is -0.409 e. The molecule has 0 heterocycles. The number of halogens is 2. The van der Waals surface area contributed by atoms with Gasteiger partial charge in [0.1, 0.15) is 11.7 Å². The van der Waals surface area contributed by atoms with Crippen LogP contribution in [-0.4, -0.2) is 28.5 Å². The molecule has 19 heavy (non-hydrogen) atoms. The molecular formula is C13H17BrFN3O. The number of hydrogen-bond donors (Lipinski definition) is 2. The van der Waals surface area contributed by atoms with E-state index in [-0.39, 0.29) is 11.7 Å². The second-order valence-corrected chi connectivity index (χ2v) is 5.63. The van der Waals surface area contributed by atoms with Crippen LogP contribution in [0, 0.1) is 5.82 Å². The molecule has 4 nitrogen and oxygen atoms in total. The van der Waals surface area contributed by atoms with E-state index in [4.69, 9.17) is 10.9 Å². The molecule has 0 aromatic heterocycles. The van der Waals surface area contributed by atoms with Gasteiger partial charge in [0.25, 0.3) is 0 Å². The summed E-state index contributed by atoms with van der Waals surface area (Å²) in [5.41, 5.74) is 6.55. The monoisotopic (exact) mass is 329 g/mol. The van der Waals surface area contributed by atoms with Crippen molar-refractivity contribution in [1.82, 2.24) is 4.90 Å². The summed E-state index contributed by atoms with van der Waals surface area (Å²) in [6.07, 6.45) is 2.88. The van der Waals surface area contributed by atoms with Crippen molar-refractivity contribution in [2.24, 2.45) is 10.9 Å². The maximum atomic E-state index is 13.1. The lowest BCUT2D eigenvalue weighted by atomic mass is 10.2. The number of amidine groups is 1. The number of hydrogen-bond acceptors (Lipinski definition) is 3. The van der Waals surface area contributed by atoms with Crippen LogP contribution in [-0.2, 0) is 6.54 Å². The van der Waals surface area contributed by atoms with E-state index in [0.717, 1.165) is 23.1 Å². The highest BCUT2D eigenvalue weighted by molar-refractivity contribution is 9.10. The highest BCUT2D eigenvalue weighted by Gasteiger charge is 2.29. The molecule has 1 saturated carbocycles. The first-order chi connectivity index (χ1) is 9.10. The van der Waals surface area contributed by atoms with Gasteiger partial charge in [-0.1, -0.05) is 27.2 Å². The van der Waals surface area contributed by atoms with Crippen molar-refractivity contribution in [3.63, 3.8) is 0 Å². The average molecular weight is 330 g/mol. The molecule has 6 heteroatoms. The van der Waals surface area contributed by atoms with E-state index < -0.39 is 0 Å². The van der Waals surface area contributed by atoms with Crippen molar-refractivity contribution in [1.29, 1.82) is 0 Å². The Bertz CT molecular complexity index is 477. The molecule has 1 aliphatic rings. The average Bonchev–Trinajstić information content (AvgIpc) is 3.20. The van der Waals surface area contributed by atoms with Crippen molar-refractivity contribution in [2.45, 2.75) is 31.8 Å². The highest BCUT2D eigenvalue weighted by Crippen LogP contribution is 2.30. The molecular weight excluding hydrogens is 313 g/mol. The van der Waals surface area contributed by atoms with E-state index >= 15 is 0 Å². The third-order valence-electron chi connectivity index (χ3n) is 3.24. The van der Waals surface area contributed by atoms with Crippen LogP contribution in [0.3, 0.4) is 0 Å². The van der Waals surface area contributed by atoms with Crippen molar-refractivity contribution >= 4 is 21.8 Å². The van der Waals surface area contributed by atoms with Crippen molar-refractivity contribution < 1.29 is 9.60 Å². The minimum atomic E-state index is -0.245. The molecule has 0 aliphatic heterocycles. The lowest BCUT2D eigenvalue weighted by Gasteiger charge is -2.22. The van der Waals surface area contributed by atoms with Crippen LogP contribution in [0.4, 0.5) is 4.39 Å². The van der Waals surface area contributed by atoms with Gasteiger partial charge in [-0.25, -0.2) is 4.39 Å². The summed E-state index contributed by atoms with van der Waals surface area (Å²) in [5, 5.41) is 11.5. The molecule has 0 bridgehead atoms. The predicted octanol–water partition coefficient (Wildman–Crippen LogP) is 2.69. The van der Waals surface area contributed by atoms with Gasteiger partial charge in [0.2, 0.25) is 0 Å². The van der Waals surface area contributed by atoms with Crippen LogP contribution < -0.4 is 5.73 Å². The largest absolute Gasteiger partial charge is 0.409 e. The summed E-state index contributed by atoms with van der Waals surface area (Å²) in [6, 6.07) is 5.29. The Morgan fingerprint density at radius 1 is 1.53 bits per heavy atom. The lowest BCUT2D eigenvalue weighted by Crippen LogP contribution is -2.30. The zero-order chi connectivity index (χ0) is 13.8. The lowest BCUT2D eigenvalue weighted by molar-refractivity contribution is 0.259. The number of nitrogens with zero attached hydrogens (tertiary/aromatic N) is 2. The Hall–Kier alpha value is -1.14. The fourth-order valence-electron chi connectivity index (χ4n) is 2.01. The quantitative estimate of drug-likeness (QED) is 0.365. The molecule has 0 spiro atoms. The van der Waals surface area contributed by atoms with E-state index in [2.05, 4.69) is 26.0 Å². The number of oxime groups is 1. The SMILES string of the molecule is NC(CCN(Cc1ccc(F)cc1Br)C1CC1)=NO. The predicted molar refractivity (Wildman–Crippen MR) is 75.6 cm³/mol. The molecule has 2 rings (SSSR count). The Morgan fingerprint density at radius 3 is 2.84 bits per heavy atom. The first-order valence-corrected chi connectivity index (χ1v) is 7.04. The van der Waals surface area contributed by atoms with Crippen LogP contribution in [0.1, 0.15) is 24.8 Å². The smallest absolute Gasteiger partial charge is 0.140 e. The first kappa shape index (κ1) is 14.3. The maximum Gasteiger partial charge on any atom is 0.140 e. The van der Waals surface area contributed by atoms with Gasteiger partial charge in [0.15, 0.2) is 0 Å². The fourth-order valence-corrected chi connectivity index (χ4v) is 2.48. The second kappa shape index (κ2) is 6.34. The number of rotatable bonds is 6. The summed E-state index contributed by atoms with van der Waals surface area (Å²) in [6.45, 7) is 1.48. The van der Waals surface area contributed by atoms with Crippen LogP contribution in [0.2, 0.25) is 0 Å². The molecule has 1 fully saturated rings. The van der Waals surface area contributed by atoms with Crippen molar-refractivity contribution in [2.75, 3.05) is 6.54 Å². The Morgan fingerprint density at radius 2 is 2.26 bits per heavy atom. The minimum absolute atomic E-state index is 0.240. The number of benzene rings is 1. The van der Waals surface area contributed by atoms with E-state index in [1.807, 2.05) is 0 Å². The van der Waals surface area contributed by atoms with Gasteiger partial charge in [-0.3, -0.25) is 4.90 Å². The highest BCUT2D eigenvalue weighted by atomic mass is 79.9. The standard InChI is InChI=1S/C13H17BrFN3O/c14-12-7-10(15)2-1-9(12)8-18(11-3-4-11)6-5-13(16)17-19/h1-2,7,11,19H,3-6,8H2,(H2,16,17). The molecule has 0 amide bonds. The normalized spacial score (nSPS) is 16.1. The van der Waals surface area contributed by atoms with Gasteiger partial charge in [0, 0.05) is 30.0 Å². The van der Waals surface area contributed by atoms with Gasteiger partial charge in [-0.05, 0) is 30.5 Å². The van der Waals surface area contributed by atoms with Crippen molar-refractivity contribution in [3.8, 4) is 0 Å². The zero-order valence-electron chi connectivity index (χ0n) is 10.5. The van der Waals surface area contributed by atoms with Gasteiger partial charge in [-0.15, -0.1) is 0 Å². The third-order valence-corrected chi connectivity index (χ3v) is 3.97. The number of nitrogens with two attached hydrogens (primary N) is 1. The van der Waals surface area contributed by atoms with E-state index in [0.29, 0.717) is 12.5 Å². The maximum absolute atomic E-state index is 13.1. The molecule has 1 aromatic carbocycles. The molecule has 0 saturated heterocycles. The Balaban J connectivity index is 2.00. The summed E-state index contributed by atoms with van der Waals surface area (Å²) in [5.74, 6) is -0.00548. The summed E-state index contributed by atoms with van der Waals surface area (Å²) in [4.78, 5) is 2.29. The van der Waals surface area contributed by atoms with Gasteiger partial charge < -0.3 is 10.9 Å². The van der Waals surface area contributed by atoms with Crippen molar-refractivity contribution in [3.05, 3.63) is 34.1 Å². The Kier molecular flexibility index (Phi) is 4.76. The van der Waals surface area contributed by atoms with Gasteiger partial charge in [0.05, 0.1) is 0 Å². The molecule has 1 aliphatic carbocycles. The summed E-state index contributed by atoms with van der Waals surface area (Å²) >= 11 is 3.38. The van der Waals surface area contributed by atoms with Crippen LogP contribution in [0.15, 0.2) is 27.8 Å². The van der Waals surface area contributed by atoms with E-state index in [1.54, 1.807) is 6.07 Å². The summed E-state index contributed by atoms with van der Waals surface area (Å²) in [7, 11) is 0. The summed E-state index contributed by atoms with van der Waals surface area (Å²) < 4.78 is 13.8. The Labute approximate surface area is 120 Å². The molecule has 0 radical (unpaired) electrons. The van der Waals surface area contributed by atoms with Crippen LogP contribution in [0.25, 0.3) is 0 Å². The van der Waals surface area contributed by atoms with Gasteiger partial charge in [-0.2, -0.15) is 0 Å². The van der Waals surface area contributed by atoms with Crippen LogP contribution >= 0.6 is 15.9 Å². The molecule has 1 aromatic rings. The third kappa shape index (κ3) is 4.18. The second-order valence-electron chi connectivity index (χ2n) is 4.78. The fraction of sp³-hybridized carbons (Fsp3) is 0.462. The van der Waals surface area contributed by atoms with E-state index in [1.165, 1.54) is 25.0 Å². The van der Waals surface area contributed by atoms with Gasteiger partial charge >= 0.3 is 0 Å². The zero-order valence-corrected chi connectivity index (χ0v) is 12.1. The van der Waals surface area contributed by atoms with Crippen LogP contribution in [0.5, 0.6) is 0 Å². The first-order valence-electron chi connectivity index (χ1n) is 6.24. The topological polar surface area (TPSA) is 61.8 Å². The van der Waals surface area contributed by atoms with E-state index in [9.17, 15) is 4.39 Å². The molecule has 104 valence electrons. The molecule has 0 unspecified atom stereocenters. The molecule has 3 N–H and O–H groups in total. The molecule has 0 atom stereocenters.